The first-order valence-corrected chi connectivity index (χ1v) is 6.01. The maximum atomic E-state index is 11.2. The summed E-state index contributed by atoms with van der Waals surface area (Å²) in [6.07, 6.45) is 3.34. The van der Waals surface area contributed by atoms with E-state index in [4.69, 9.17) is 14.2 Å². The predicted octanol–water partition coefficient (Wildman–Crippen LogP) is -0.00790. The number of rotatable bonds is 2. The van der Waals surface area contributed by atoms with Gasteiger partial charge in [-0.3, -0.25) is 4.79 Å². The molecule has 3 heterocycles. The van der Waals surface area contributed by atoms with Gasteiger partial charge in [-0.1, -0.05) is 0 Å². The van der Waals surface area contributed by atoms with E-state index in [-0.39, 0.29) is 29.7 Å². The molecule has 0 aliphatic carbocycles. The molecular formula is C10H13O4Si. The zero-order chi connectivity index (χ0) is 10.5. The lowest BCUT2D eigenvalue weighted by atomic mass is 9.72. The molecule has 3 fully saturated rings. The van der Waals surface area contributed by atoms with Gasteiger partial charge in [0, 0.05) is 18.1 Å². The summed E-state index contributed by atoms with van der Waals surface area (Å²) in [4.78, 5) is 11.2. The van der Waals surface area contributed by atoms with Crippen LogP contribution in [-0.2, 0) is 19.0 Å². The second-order valence-electron chi connectivity index (χ2n) is 4.67. The number of ether oxygens (including phenoxy) is 3. The van der Waals surface area contributed by atoms with E-state index < -0.39 is 0 Å². The Hall–Kier alpha value is -0.393. The van der Waals surface area contributed by atoms with E-state index in [1.165, 1.54) is 0 Å². The lowest BCUT2D eigenvalue weighted by Crippen LogP contribution is -2.43. The Morgan fingerprint density at radius 1 is 1.60 bits per heavy atom. The van der Waals surface area contributed by atoms with Crippen molar-refractivity contribution in [1.82, 2.24) is 0 Å². The number of fused-ring (bicyclic) bond motifs is 3. The molecule has 1 spiro atoms. The minimum atomic E-state index is -0.0942. The van der Waals surface area contributed by atoms with Crippen LogP contribution in [0.25, 0.3) is 0 Å². The van der Waals surface area contributed by atoms with E-state index >= 15 is 0 Å². The van der Waals surface area contributed by atoms with Crippen LogP contribution in [0.15, 0.2) is 0 Å². The van der Waals surface area contributed by atoms with Crippen LogP contribution in [0.3, 0.4) is 0 Å². The Bertz CT molecular complexity index is 295. The predicted molar refractivity (Wildman–Crippen MR) is 51.4 cm³/mol. The molecule has 3 aliphatic heterocycles. The molecular weight excluding hydrogens is 212 g/mol. The van der Waals surface area contributed by atoms with Gasteiger partial charge >= 0.3 is 5.97 Å². The Labute approximate surface area is 91.7 Å². The van der Waals surface area contributed by atoms with Crippen molar-refractivity contribution in [1.29, 1.82) is 0 Å². The summed E-state index contributed by atoms with van der Waals surface area (Å²) in [6, 6.07) is 0. The minimum absolute atomic E-state index is 0.0466. The Morgan fingerprint density at radius 3 is 3.07 bits per heavy atom. The fraction of sp³-hybridized carbons (Fsp3) is 0.900. The van der Waals surface area contributed by atoms with Crippen LogP contribution in [0.4, 0.5) is 0 Å². The van der Waals surface area contributed by atoms with Crippen molar-refractivity contribution >= 4 is 16.2 Å². The molecule has 15 heavy (non-hydrogen) atoms. The van der Waals surface area contributed by atoms with E-state index in [9.17, 15) is 4.79 Å². The number of carbonyl (C=O) groups is 1. The van der Waals surface area contributed by atoms with Crippen LogP contribution in [0, 0.1) is 5.41 Å². The highest BCUT2D eigenvalue weighted by atomic mass is 28.1. The molecule has 3 rings (SSSR count). The van der Waals surface area contributed by atoms with Crippen LogP contribution in [0.1, 0.15) is 19.3 Å². The van der Waals surface area contributed by atoms with Crippen LogP contribution >= 0.6 is 0 Å². The number of cyclic esters (lactones) is 1. The first-order valence-electron chi connectivity index (χ1n) is 5.31. The van der Waals surface area contributed by atoms with Crippen LogP contribution in [0.5, 0.6) is 0 Å². The zero-order valence-electron chi connectivity index (χ0n) is 8.40. The standard InChI is InChI=1S/C10H13O4Si/c11-8-3-10(4-12-8)2-6-1-7(13-5-15)9(10)14-6/h6-7,9H,1-5H2. The zero-order valence-corrected chi connectivity index (χ0v) is 9.40. The molecule has 0 N–H and O–H groups in total. The van der Waals surface area contributed by atoms with Crippen molar-refractivity contribution in [2.45, 2.75) is 37.6 Å². The van der Waals surface area contributed by atoms with Gasteiger partial charge in [-0.25, -0.2) is 0 Å². The number of hydrogen-bond acceptors (Lipinski definition) is 4. The molecule has 3 radical (unpaired) electrons. The molecule has 3 aliphatic rings. The molecule has 5 heteroatoms. The molecule has 0 saturated carbocycles. The summed E-state index contributed by atoms with van der Waals surface area (Å²) >= 11 is 0. The monoisotopic (exact) mass is 225 g/mol. The molecule has 0 aromatic rings. The fourth-order valence-corrected chi connectivity index (χ4v) is 3.38. The largest absolute Gasteiger partial charge is 0.465 e. The van der Waals surface area contributed by atoms with E-state index in [1.54, 1.807) is 0 Å². The SMILES string of the molecule is O=C1CC2(CO1)CC1CC(OC[Si])C2O1. The second-order valence-corrected chi connectivity index (χ2v) is 4.96. The number of hydrogen-bond donors (Lipinski definition) is 0. The summed E-state index contributed by atoms with van der Waals surface area (Å²) in [5, 5.41) is 0. The van der Waals surface area contributed by atoms with Crippen molar-refractivity contribution in [2.24, 2.45) is 5.41 Å². The van der Waals surface area contributed by atoms with Crippen LogP contribution in [-0.4, -0.2) is 47.4 Å². The van der Waals surface area contributed by atoms with Crippen molar-refractivity contribution < 1.29 is 19.0 Å². The molecule has 0 aromatic heterocycles. The third-order valence-electron chi connectivity index (χ3n) is 3.72. The van der Waals surface area contributed by atoms with Crippen molar-refractivity contribution in [3.8, 4) is 0 Å². The van der Waals surface area contributed by atoms with E-state index in [1.807, 2.05) is 0 Å². The van der Waals surface area contributed by atoms with E-state index in [0.29, 0.717) is 19.3 Å². The summed E-state index contributed by atoms with van der Waals surface area (Å²) in [5.41, 5.74) is -0.0912. The molecule has 4 atom stereocenters. The van der Waals surface area contributed by atoms with Crippen LogP contribution in [0.2, 0.25) is 0 Å². The third-order valence-corrected chi connectivity index (χ3v) is 3.89. The molecule has 3 saturated heterocycles. The molecule has 0 aromatic carbocycles. The van der Waals surface area contributed by atoms with E-state index in [2.05, 4.69) is 10.2 Å². The van der Waals surface area contributed by atoms with Gasteiger partial charge in [0.05, 0.1) is 35.0 Å². The molecule has 0 amide bonds. The highest BCUT2D eigenvalue weighted by Crippen LogP contribution is 2.53. The smallest absolute Gasteiger partial charge is 0.306 e. The molecule has 4 unspecified atom stereocenters. The molecule has 81 valence electrons. The van der Waals surface area contributed by atoms with Gasteiger partial charge in [0.15, 0.2) is 0 Å². The number of esters is 1. The van der Waals surface area contributed by atoms with Gasteiger partial charge in [0.25, 0.3) is 0 Å². The first kappa shape index (κ1) is 9.81. The van der Waals surface area contributed by atoms with Gasteiger partial charge in [-0.05, 0) is 6.42 Å². The molecule has 2 bridgehead atoms. The Morgan fingerprint density at radius 2 is 2.47 bits per heavy atom. The van der Waals surface area contributed by atoms with Crippen LogP contribution < -0.4 is 0 Å². The fourth-order valence-electron chi connectivity index (χ4n) is 3.16. The number of carbonyl (C=O) groups excluding carboxylic acids is 1. The van der Waals surface area contributed by atoms with Crippen molar-refractivity contribution in [3.63, 3.8) is 0 Å². The second kappa shape index (κ2) is 3.30. The highest BCUT2D eigenvalue weighted by Gasteiger charge is 2.61. The molecule has 4 nitrogen and oxygen atoms in total. The first-order chi connectivity index (χ1) is 7.23. The quantitative estimate of drug-likeness (QED) is 0.490. The van der Waals surface area contributed by atoms with Crippen molar-refractivity contribution in [3.05, 3.63) is 0 Å². The highest BCUT2D eigenvalue weighted by molar-refractivity contribution is 6.08. The van der Waals surface area contributed by atoms with E-state index in [0.717, 1.165) is 12.8 Å². The minimum Gasteiger partial charge on any atom is -0.465 e. The summed E-state index contributed by atoms with van der Waals surface area (Å²) in [5.74, 6) is -0.0942. The Balaban J connectivity index is 1.79. The topological polar surface area (TPSA) is 44.8 Å². The Kier molecular flexibility index (Phi) is 2.16. The van der Waals surface area contributed by atoms with Gasteiger partial charge in [-0.15, -0.1) is 0 Å². The average molecular weight is 225 g/mol. The van der Waals surface area contributed by atoms with Gasteiger partial charge in [0.2, 0.25) is 0 Å². The third kappa shape index (κ3) is 1.37. The van der Waals surface area contributed by atoms with Crippen molar-refractivity contribution in [2.75, 3.05) is 12.8 Å². The van der Waals surface area contributed by atoms with Gasteiger partial charge in [0.1, 0.15) is 6.61 Å². The summed E-state index contributed by atoms with van der Waals surface area (Å²) < 4.78 is 16.5. The maximum Gasteiger partial charge on any atom is 0.306 e. The maximum absolute atomic E-state index is 11.2. The lowest BCUT2D eigenvalue weighted by Gasteiger charge is -2.32. The lowest BCUT2D eigenvalue weighted by molar-refractivity contribution is -0.137. The normalized spacial score (nSPS) is 47.8. The summed E-state index contributed by atoms with van der Waals surface area (Å²) in [6.45, 7) is 0.509. The summed E-state index contributed by atoms with van der Waals surface area (Å²) in [7, 11) is 3.31. The van der Waals surface area contributed by atoms with Gasteiger partial charge in [-0.2, -0.15) is 0 Å². The van der Waals surface area contributed by atoms with Gasteiger partial charge < -0.3 is 14.2 Å². The average Bonchev–Trinajstić information content (AvgIpc) is 2.82.